The summed E-state index contributed by atoms with van der Waals surface area (Å²) < 4.78 is 11.6. The highest BCUT2D eigenvalue weighted by Gasteiger charge is 2.37. The summed E-state index contributed by atoms with van der Waals surface area (Å²) in [6.45, 7) is 12.4. The topological polar surface area (TPSA) is 38.7 Å². The molecule has 0 amide bonds. The Balaban J connectivity index is 2.34. The van der Waals surface area contributed by atoms with E-state index in [1.54, 1.807) is 0 Å². The molecular formula is C12H26O3Si. The van der Waals surface area contributed by atoms with Crippen molar-refractivity contribution in [3.63, 3.8) is 0 Å². The zero-order chi connectivity index (χ0) is 12.4. The van der Waals surface area contributed by atoms with E-state index in [9.17, 15) is 5.11 Å². The fourth-order valence-corrected chi connectivity index (χ4v) is 2.48. The van der Waals surface area contributed by atoms with Crippen molar-refractivity contribution >= 4 is 8.32 Å². The van der Waals surface area contributed by atoms with Gasteiger partial charge in [-0.05, 0) is 31.0 Å². The second kappa shape index (κ2) is 5.17. The normalized spacial score (nSPS) is 28.1. The summed E-state index contributed by atoms with van der Waals surface area (Å²) in [5, 5.41) is 9.58. The molecule has 1 rings (SSSR count). The molecule has 0 saturated carbocycles. The lowest BCUT2D eigenvalue weighted by Gasteiger charge is -2.38. The number of hydrogen-bond donors (Lipinski definition) is 1. The molecule has 3 nitrogen and oxygen atoms in total. The van der Waals surface area contributed by atoms with Crippen molar-refractivity contribution in [1.29, 1.82) is 0 Å². The lowest BCUT2D eigenvalue weighted by Crippen LogP contribution is -2.44. The van der Waals surface area contributed by atoms with Crippen LogP contribution in [0.5, 0.6) is 0 Å². The maximum atomic E-state index is 9.33. The van der Waals surface area contributed by atoms with Gasteiger partial charge in [-0.3, -0.25) is 0 Å². The molecule has 0 unspecified atom stereocenters. The van der Waals surface area contributed by atoms with Gasteiger partial charge >= 0.3 is 0 Å². The highest BCUT2D eigenvalue weighted by molar-refractivity contribution is 6.74. The molecule has 1 heterocycles. The van der Waals surface area contributed by atoms with Crippen molar-refractivity contribution in [1.82, 2.24) is 0 Å². The first kappa shape index (κ1) is 14.2. The van der Waals surface area contributed by atoms with Gasteiger partial charge in [0.2, 0.25) is 0 Å². The number of hydrogen-bond acceptors (Lipinski definition) is 3. The Bertz CT molecular complexity index is 215. The van der Waals surface area contributed by atoms with Crippen LogP contribution in [0.3, 0.4) is 0 Å². The maximum Gasteiger partial charge on any atom is 0.192 e. The van der Waals surface area contributed by atoms with E-state index in [-0.39, 0.29) is 17.2 Å². The number of aliphatic hydroxyl groups excluding tert-OH is 1. The summed E-state index contributed by atoms with van der Waals surface area (Å²) in [6, 6.07) is 0. The quantitative estimate of drug-likeness (QED) is 0.778. The number of aliphatic hydroxyl groups is 1. The van der Waals surface area contributed by atoms with Gasteiger partial charge in [-0.15, -0.1) is 0 Å². The Morgan fingerprint density at radius 2 is 1.94 bits per heavy atom. The van der Waals surface area contributed by atoms with Gasteiger partial charge in [0.05, 0.1) is 25.4 Å². The Hall–Kier alpha value is 0.0969. The molecule has 96 valence electrons. The fourth-order valence-electron chi connectivity index (χ4n) is 1.44. The van der Waals surface area contributed by atoms with E-state index in [1.165, 1.54) is 0 Å². The SMILES string of the molecule is CC(C)(C)[Si](C)(C)OC[C@@H]1CC[C@H](O)CO1. The van der Waals surface area contributed by atoms with Crippen molar-refractivity contribution in [2.45, 2.75) is 64.0 Å². The zero-order valence-electron chi connectivity index (χ0n) is 11.2. The largest absolute Gasteiger partial charge is 0.414 e. The molecule has 1 saturated heterocycles. The lowest BCUT2D eigenvalue weighted by atomic mass is 10.1. The van der Waals surface area contributed by atoms with E-state index in [0.29, 0.717) is 13.2 Å². The predicted octanol–water partition coefficient (Wildman–Crippen LogP) is 2.55. The molecule has 0 aromatic carbocycles. The Morgan fingerprint density at radius 1 is 1.31 bits per heavy atom. The molecular weight excluding hydrogens is 220 g/mol. The van der Waals surface area contributed by atoms with Crippen LogP contribution in [0.15, 0.2) is 0 Å². The van der Waals surface area contributed by atoms with Crippen LogP contribution in [0.2, 0.25) is 18.1 Å². The highest BCUT2D eigenvalue weighted by atomic mass is 28.4. The summed E-state index contributed by atoms with van der Waals surface area (Å²) in [5.41, 5.74) is 0. The molecule has 0 spiro atoms. The Morgan fingerprint density at radius 3 is 2.38 bits per heavy atom. The molecule has 4 heteroatoms. The van der Waals surface area contributed by atoms with Gasteiger partial charge < -0.3 is 14.3 Å². The Kier molecular flexibility index (Phi) is 4.57. The van der Waals surface area contributed by atoms with Crippen LogP contribution in [-0.4, -0.2) is 38.8 Å². The van der Waals surface area contributed by atoms with E-state index in [2.05, 4.69) is 33.9 Å². The number of rotatable bonds is 3. The number of ether oxygens (including phenoxy) is 1. The minimum atomic E-state index is -1.65. The third-order valence-electron chi connectivity index (χ3n) is 3.78. The first-order valence-corrected chi connectivity index (χ1v) is 9.07. The standard InChI is InChI=1S/C12H26O3Si/c1-12(2,3)16(4,5)15-9-11-7-6-10(13)8-14-11/h10-11,13H,6-9H2,1-5H3/t10-,11-/m0/s1. The van der Waals surface area contributed by atoms with Gasteiger partial charge in [0.25, 0.3) is 0 Å². The smallest absolute Gasteiger partial charge is 0.192 e. The molecule has 2 atom stereocenters. The molecule has 0 aromatic rings. The minimum Gasteiger partial charge on any atom is -0.414 e. The molecule has 0 aromatic heterocycles. The molecule has 1 fully saturated rings. The minimum absolute atomic E-state index is 0.178. The van der Waals surface area contributed by atoms with Gasteiger partial charge in [-0.2, -0.15) is 0 Å². The molecule has 1 N–H and O–H groups in total. The molecule has 1 aliphatic heterocycles. The second-order valence-electron chi connectivity index (χ2n) is 6.26. The van der Waals surface area contributed by atoms with Crippen molar-refractivity contribution in [2.24, 2.45) is 0 Å². The van der Waals surface area contributed by atoms with Crippen LogP contribution in [0.25, 0.3) is 0 Å². The van der Waals surface area contributed by atoms with E-state index < -0.39 is 8.32 Å². The van der Waals surface area contributed by atoms with Crippen molar-refractivity contribution < 1.29 is 14.3 Å². The average Bonchev–Trinajstić information content (AvgIpc) is 2.15. The molecule has 0 radical (unpaired) electrons. The zero-order valence-corrected chi connectivity index (χ0v) is 12.2. The summed E-state index contributed by atoms with van der Waals surface area (Å²) >= 11 is 0. The third-order valence-corrected chi connectivity index (χ3v) is 8.28. The van der Waals surface area contributed by atoms with Gasteiger partial charge in [0.15, 0.2) is 8.32 Å². The summed E-state index contributed by atoms with van der Waals surface area (Å²) in [5.74, 6) is 0. The van der Waals surface area contributed by atoms with Gasteiger partial charge in [-0.25, -0.2) is 0 Å². The van der Waals surface area contributed by atoms with E-state index in [0.717, 1.165) is 12.8 Å². The second-order valence-corrected chi connectivity index (χ2v) is 11.1. The van der Waals surface area contributed by atoms with Crippen LogP contribution in [0, 0.1) is 0 Å². The van der Waals surface area contributed by atoms with Crippen LogP contribution >= 0.6 is 0 Å². The molecule has 1 aliphatic rings. The van der Waals surface area contributed by atoms with Gasteiger partial charge in [-0.1, -0.05) is 20.8 Å². The maximum absolute atomic E-state index is 9.33. The van der Waals surface area contributed by atoms with E-state index in [1.807, 2.05) is 0 Å². The monoisotopic (exact) mass is 246 g/mol. The van der Waals surface area contributed by atoms with E-state index in [4.69, 9.17) is 9.16 Å². The third kappa shape index (κ3) is 3.84. The Labute approximate surface area is 100 Å². The lowest BCUT2D eigenvalue weighted by molar-refractivity contribution is -0.0713. The highest BCUT2D eigenvalue weighted by Crippen LogP contribution is 2.36. The average molecular weight is 246 g/mol. The summed E-state index contributed by atoms with van der Waals surface area (Å²) in [7, 11) is -1.65. The summed E-state index contributed by atoms with van der Waals surface area (Å²) in [6.07, 6.45) is 1.66. The molecule has 0 aliphatic carbocycles. The first-order valence-electron chi connectivity index (χ1n) is 6.16. The predicted molar refractivity (Wildman–Crippen MR) is 68.1 cm³/mol. The summed E-state index contributed by atoms with van der Waals surface area (Å²) in [4.78, 5) is 0. The van der Waals surface area contributed by atoms with Crippen molar-refractivity contribution in [3.8, 4) is 0 Å². The van der Waals surface area contributed by atoms with E-state index >= 15 is 0 Å². The van der Waals surface area contributed by atoms with Crippen molar-refractivity contribution in [2.75, 3.05) is 13.2 Å². The van der Waals surface area contributed by atoms with Crippen LogP contribution in [0.4, 0.5) is 0 Å². The van der Waals surface area contributed by atoms with Gasteiger partial charge in [0.1, 0.15) is 0 Å². The van der Waals surface area contributed by atoms with Crippen LogP contribution in [-0.2, 0) is 9.16 Å². The van der Waals surface area contributed by atoms with Crippen molar-refractivity contribution in [3.05, 3.63) is 0 Å². The fraction of sp³-hybridized carbons (Fsp3) is 1.00. The first-order chi connectivity index (χ1) is 7.22. The van der Waals surface area contributed by atoms with Crippen LogP contribution in [0.1, 0.15) is 33.6 Å². The molecule has 0 bridgehead atoms. The van der Waals surface area contributed by atoms with Gasteiger partial charge in [0, 0.05) is 0 Å². The van der Waals surface area contributed by atoms with Crippen LogP contribution < -0.4 is 0 Å². The molecule has 16 heavy (non-hydrogen) atoms.